The van der Waals surface area contributed by atoms with E-state index in [4.69, 9.17) is 4.74 Å². The predicted octanol–water partition coefficient (Wildman–Crippen LogP) is 3.18. The van der Waals surface area contributed by atoms with Crippen LogP contribution in [0.15, 0.2) is 35.3 Å². The van der Waals surface area contributed by atoms with E-state index < -0.39 is 0 Å². The molecule has 5 heteroatoms. The van der Waals surface area contributed by atoms with Crippen molar-refractivity contribution < 1.29 is 9.53 Å². The van der Waals surface area contributed by atoms with Crippen LogP contribution in [0.4, 0.5) is 0 Å². The number of carbonyl (C=O) groups excluding carboxylic acids is 1. The molecule has 2 heterocycles. The average Bonchev–Trinajstić information content (AvgIpc) is 3.08. The Balaban J connectivity index is 1.82. The highest BCUT2D eigenvalue weighted by atomic mass is 16.5. The van der Waals surface area contributed by atoms with E-state index in [1.165, 1.54) is 29.7 Å². The van der Waals surface area contributed by atoms with Gasteiger partial charge in [0, 0.05) is 19.3 Å². The van der Waals surface area contributed by atoms with E-state index in [0.29, 0.717) is 17.9 Å². The zero-order valence-electron chi connectivity index (χ0n) is 14.5. The number of carbonyl (C=O) groups is 1. The van der Waals surface area contributed by atoms with Gasteiger partial charge < -0.3 is 9.75 Å². The van der Waals surface area contributed by atoms with E-state index in [1.807, 2.05) is 6.92 Å². The number of aryl methyl sites for hydroxylation is 1. The minimum atomic E-state index is 0.524. The Morgan fingerprint density at radius 1 is 1.33 bits per heavy atom. The number of hydrogen-bond acceptors (Lipinski definition) is 5. The lowest BCUT2D eigenvalue weighted by Crippen LogP contribution is -2.32. The fourth-order valence-electron chi connectivity index (χ4n) is 3.43. The van der Waals surface area contributed by atoms with Crippen molar-refractivity contribution in [3.8, 4) is 5.75 Å². The SMILES string of the molecule is CCN1NCC=C1C1=C(COc2cncc(C)c2C=O)CCCC1. The van der Waals surface area contributed by atoms with E-state index in [1.54, 1.807) is 12.4 Å². The van der Waals surface area contributed by atoms with Gasteiger partial charge in [0.1, 0.15) is 12.4 Å². The Bertz CT molecular complexity index is 679. The minimum absolute atomic E-state index is 0.524. The summed E-state index contributed by atoms with van der Waals surface area (Å²) in [5.74, 6) is 0.577. The summed E-state index contributed by atoms with van der Waals surface area (Å²) in [7, 11) is 0. The molecule has 2 aliphatic rings. The third kappa shape index (κ3) is 3.36. The van der Waals surface area contributed by atoms with Crippen LogP contribution < -0.4 is 10.2 Å². The van der Waals surface area contributed by atoms with Crippen LogP contribution >= 0.6 is 0 Å². The second-order valence-corrected chi connectivity index (χ2v) is 6.26. The highest BCUT2D eigenvalue weighted by molar-refractivity contribution is 5.81. The molecule has 1 N–H and O–H groups in total. The van der Waals surface area contributed by atoms with Crippen LogP contribution in [0.5, 0.6) is 5.75 Å². The number of hydrazine groups is 1. The number of ether oxygens (including phenoxy) is 1. The first kappa shape index (κ1) is 16.7. The Labute approximate surface area is 143 Å². The summed E-state index contributed by atoms with van der Waals surface area (Å²) in [6.07, 6.45) is 11.0. The maximum absolute atomic E-state index is 11.3. The smallest absolute Gasteiger partial charge is 0.154 e. The van der Waals surface area contributed by atoms with Gasteiger partial charge in [0.2, 0.25) is 0 Å². The van der Waals surface area contributed by atoms with Crippen molar-refractivity contribution in [2.24, 2.45) is 0 Å². The molecule has 0 saturated heterocycles. The predicted molar refractivity (Wildman–Crippen MR) is 93.8 cm³/mol. The molecule has 0 aromatic carbocycles. The summed E-state index contributed by atoms with van der Waals surface area (Å²) in [6, 6.07) is 0. The van der Waals surface area contributed by atoms with Crippen molar-refractivity contribution in [1.29, 1.82) is 0 Å². The highest BCUT2D eigenvalue weighted by Crippen LogP contribution is 2.33. The maximum atomic E-state index is 11.3. The van der Waals surface area contributed by atoms with Crippen molar-refractivity contribution in [3.05, 3.63) is 46.4 Å². The molecule has 5 nitrogen and oxygen atoms in total. The second kappa shape index (κ2) is 7.62. The molecular weight excluding hydrogens is 302 g/mol. The quantitative estimate of drug-likeness (QED) is 0.813. The summed E-state index contributed by atoms with van der Waals surface area (Å²) in [4.78, 5) is 15.5. The minimum Gasteiger partial charge on any atom is -0.487 e. The third-order valence-electron chi connectivity index (χ3n) is 4.75. The Kier molecular flexibility index (Phi) is 5.30. The second-order valence-electron chi connectivity index (χ2n) is 6.26. The number of nitrogens with one attached hydrogen (secondary N) is 1. The number of nitrogens with zero attached hydrogens (tertiary/aromatic N) is 2. The number of likely N-dealkylation sites (N-methyl/N-ethyl adjacent to an activating group) is 1. The zero-order chi connectivity index (χ0) is 16.9. The molecule has 1 aromatic rings. The van der Waals surface area contributed by atoms with E-state index >= 15 is 0 Å². The number of hydrogen-bond donors (Lipinski definition) is 1. The van der Waals surface area contributed by atoms with Gasteiger partial charge in [-0.25, -0.2) is 5.43 Å². The van der Waals surface area contributed by atoms with Crippen LogP contribution in [0.1, 0.15) is 48.5 Å². The van der Waals surface area contributed by atoms with Crippen molar-refractivity contribution in [2.45, 2.75) is 39.5 Å². The first-order valence-corrected chi connectivity index (χ1v) is 8.69. The van der Waals surface area contributed by atoms with Crippen LogP contribution in [0.25, 0.3) is 0 Å². The van der Waals surface area contributed by atoms with E-state index in [-0.39, 0.29) is 0 Å². The lowest BCUT2D eigenvalue weighted by Gasteiger charge is -2.27. The largest absolute Gasteiger partial charge is 0.487 e. The van der Waals surface area contributed by atoms with Gasteiger partial charge in [0.15, 0.2) is 6.29 Å². The van der Waals surface area contributed by atoms with Gasteiger partial charge in [0.25, 0.3) is 0 Å². The van der Waals surface area contributed by atoms with Gasteiger partial charge >= 0.3 is 0 Å². The molecule has 1 aliphatic heterocycles. The molecular formula is C19H25N3O2. The number of allylic oxidation sites excluding steroid dienone is 1. The first-order chi connectivity index (χ1) is 11.7. The molecule has 24 heavy (non-hydrogen) atoms. The van der Waals surface area contributed by atoms with Gasteiger partial charge in [-0.05, 0) is 62.3 Å². The number of aldehydes is 1. The van der Waals surface area contributed by atoms with Gasteiger partial charge in [-0.2, -0.15) is 0 Å². The summed E-state index contributed by atoms with van der Waals surface area (Å²) in [5, 5.41) is 2.21. The molecule has 1 aliphatic carbocycles. The molecule has 0 amide bonds. The van der Waals surface area contributed by atoms with Gasteiger partial charge in [-0.3, -0.25) is 9.78 Å². The van der Waals surface area contributed by atoms with Crippen LogP contribution in [-0.4, -0.2) is 36.0 Å². The first-order valence-electron chi connectivity index (χ1n) is 8.69. The van der Waals surface area contributed by atoms with Crippen LogP contribution in [0, 0.1) is 6.92 Å². The molecule has 0 spiro atoms. The van der Waals surface area contributed by atoms with Gasteiger partial charge in [0.05, 0.1) is 17.5 Å². The van der Waals surface area contributed by atoms with Gasteiger partial charge in [-0.15, -0.1) is 0 Å². The molecule has 128 valence electrons. The van der Waals surface area contributed by atoms with Crippen LogP contribution in [0.3, 0.4) is 0 Å². The van der Waals surface area contributed by atoms with E-state index in [0.717, 1.165) is 37.8 Å². The molecule has 1 aromatic heterocycles. The fraction of sp³-hybridized carbons (Fsp3) is 0.474. The van der Waals surface area contributed by atoms with Gasteiger partial charge in [-0.1, -0.05) is 0 Å². The van der Waals surface area contributed by atoms with E-state index in [2.05, 4.69) is 28.4 Å². The fourth-order valence-corrected chi connectivity index (χ4v) is 3.43. The van der Waals surface area contributed by atoms with E-state index in [9.17, 15) is 4.79 Å². The zero-order valence-corrected chi connectivity index (χ0v) is 14.5. The maximum Gasteiger partial charge on any atom is 0.154 e. The highest BCUT2D eigenvalue weighted by Gasteiger charge is 2.23. The summed E-state index contributed by atoms with van der Waals surface area (Å²) >= 11 is 0. The number of aromatic nitrogens is 1. The lowest BCUT2D eigenvalue weighted by atomic mass is 9.90. The summed E-state index contributed by atoms with van der Waals surface area (Å²) < 4.78 is 5.99. The molecule has 0 fully saturated rings. The Morgan fingerprint density at radius 3 is 2.96 bits per heavy atom. The molecule has 0 bridgehead atoms. The van der Waals surface area contributed by atoms with Crippen LogP contribution in [-0.2, 0) is 0 Å². The monoisotopic (exact) mass is 327 g/mol. The summed E-state index contributed by atoms with van der Waals surface area (Å²) in [5.41, 5.74) is 8.87. The van der Waals surface area contributed by atoms with Crippen molar-refractivity contribution in [2.75, 3.05) is 19.7 Å². The standard InChI is InChI=1S/C19H25N3O2/c1-3-22-18(8-9-21-22)16-7-5-4-6-15(16)13-24-19-11-20-10-14(2)17(19)12-23/h8,10-12,21H,3-7,9,13H2,1-2H3. The molecule has 0 atom stereocenters. The third-order valence-corrected chi connectivity index (χ3v) is 4.75. The lowest BCUT2D eigenvalue weighted by molar-refractivity contribution is 0.111. The molecule has 0 radical (unpaired) electrons. The molecule has 3 rings (SSSR count). The Hall–Kier alpha value is -2.14. The van der Waals surface area contributed by atoms with Crippen LogP contribution in [0.2, 0.25) is 0 Å². The summed E-state index contributed by atoms with van der Waals surface area (Å²) in [6.45, 7) is 6.39. The topological polar surface area (TPSA) is 54.5 Å². The Morgan fingerprint density at radius 2 is 2.17 bits per heavy atom. The molecule has 0 unspecified atom stereocenters. The van der Waals surface area contributed by atoms with Crippen molar-refractivity contribution in [3.63, 3.8) is 0 Å². The normalized spacial score (nSPS) is 17.9. The van der Waals surface area contributed by atoms with Crippen molar-refractivity contribution in [1.82, 2.24) is 15.4 Å². The van der Waals surface area contributed by atoms with Crippen molar-refractivity contribution >= 4 is 6.29 Å². The number of rotatable bonds is 6. The number of pyridine rings is 1. The average molecular weight is 327 g/mol. The molecule has 0 saturated carbocycles.